The first-order valence-corrected chi connectivity index (χ1v) is 9.21. The van der Waals surface area contributed by atoms with Crippen LogP contribution in [-0.4, -0.2) is 26.6 Å². The third kappa shape index (κ3) is 3.53. The Hall–Kier alpha value is -3.41. The quantitative estimate of drug-likeness (QED) is 0.557. The molecular weight excluding hydrogens is 350 g/mol. The van der Waals surface area contributed by atoms with E-state index in [4.69, 9.17) is 4.74 Å². The van der Waals surface area contributed by atoms with E-state index in [1.165, 1.54) is 0 Å². The molecule has 2 aromatic heterocycles. The van der Waals surface area contributed by atoms with Gasteiger partial charge >= 0.3 is 0 Å². The van der Waals surface area contributed by atoms with E-state index in [9.17, 15) is 0 Å². The van der Waals surface area contributed by atoms with Crippen molar-refractivity contribution >= 4 is 16.9 Å². The Morgan fingerprint density at radius 3 is 2.75 bits per heavy atom. The van der Waals surface area contributed by atoms with Crippen LogP contribution in [0.15, 0.2) is 54.9 Å². The summed E-state index contributed by atoms with van der Waals surface area (Å²) < 4.78 is 7.34. The fourth-order valence-corrected chi connectivity index (χ4v) is 3.29. The molecule has 2 aromatic carbocycles. The molecule has 1 unspecified atom stereocenters. The third-order valence-electron chi connectivity index (χ3n) is 4.82. The SMILES string of the molecule is COc1cccc(C(C)Nc2cc(-c3ccc4ncn(C)c4c3)nc(C)n2)c1. The highest BCUT2D eigenvalue weighted by Crippen LogP contribution is 2.26. The molecule has 2 heterocycles. The number of methoxy groups -OCH3 is 1. The maximum absolute atomic E-state index is 5.33. The molecule has 142 valence electrons. The van der Waals surface area contributed by atoms with Gasteiger partial charge in [0, 0.05) is 18.7 Å². The number of aromatic nitrogens is 4. The number of fused-ring (bicyclic) bond motifs is 1. The number of anilines is 1. The van der Waals surface area contributed by atoms with Crippen LogP contribution in [0, 0.1) is 6.92 Å². The Labute approximate surface area is 164 Å². The van der Waals surface area contributed by atoms with Crippen molar-refractivity contribution in [1.29, 1.82) is 0 Å². The van der Waals surface area contributed by atoms with E-state index in [1.807, 2.05) is 61.3 Å². The van der Waals surface area contributed by atoms with E-state index in [2.05, 4.69) is 39.3 Å². The van der Waals surface area contributed by atoms with Gasteiger partial charge in [0.1, 0.15) is 17.4 Å². The summed E-state index contributed by atoms with van der Waals surface area (Å²) in [4.78, 5) is 13.6. The van der Waals surface area contributed by atoms with Crippen LogP contribution in [-0.2, 0) is 7.05 Å². The number of nitrogens with zero attached hydrogens (tertiary/aromatic N) is 4. The van der Waals surface area contributed by atoms with Crippen LogP contribution in [0.25, 0.3) is 22.3 Å². The highest BCUT2D eigenvalue weighted by molar-refractivity contribution is 5.81. The van der Waals surface area contributed by atoms with Crippen LogP contribution >= 0.6 is 0 Å². The molecule has 1 N–H and O–H groups in total. The average Bonchev–Trinajstić information content (AvgIpc) is 3.08. The Bertz CT molecular complexity index is 1130. The van der Waals surface area contributed by atoms with Crippen LogP contribution in [0.4, 0.5) is 5.82 Å². The van der Waals surface area contributed by atoms with Crippen molar-refractivity contribution in [2.45, 2.75) is 19.9 Å². The molecule has 28 heavy (non-hydrogen) atoms. The van der Waals surface area contributed by atoms with Gasteiger partial charge in [-0.1, -0.05) is 18.2 Å². The molecule has 0 aliphatic carbocycles. The molecule has 0 aliphatic rings. The second-order valence-corrected chi connectivity index (χ2v) is 6.89. The molecule has 4 rings (SSSR count). The number of hydrogen-bond donors (Lipinski definition) is 1. The number of benzene rings is 2. The molecule has 0 spiro atoms. The van der Waals surface area contributed by atoms with E-state index in [0.717, 1.165) is 45.2 Å². The fraction of sp³-hybridized carbons (Fsp3) is 0.227. The van der Waals surface area contributed by atoms with Gasteiger partial charge in [0.15, 0.2) is 0 Å². The first kappa shape index (κ1) is 18.0. The van der Waals surface area contributed by atoms with Gasteiger partial charge in [0.25, 0.3) is 0 Å². The van der Waals surface area contributed by atoms with Gasteiger partial charge < -0.3 is 14.6 Å². The standard InChI is InChI=1S/C22H23N5O/c1-14(16-6-5-7-18(10-16)28-4)24-22-12-20(25-15(2)26-22)17-8-9-19-21(11-17)27(3)13-23-19/h5-14H,1-4H3,(H,24,25,26). The molecular formula is C22H23N5O. The van der Waals surface area contributed by atoms with E-state index in [0.29, 0.717) is 0 Å². The fourth-order valence-electron chi connectivity index (χ4n) is 3.29. The molecule has 0 amide bonds. The van der Waals surface area contributed by atoms with Crippen molar-refractivity contribution in [3.63, 3.8) is 0 Å². The number of hydrogen-bond acceptors (Lipinski definition) is 5. The summed E-state index contributed by atoms with van der Waals surface area (Å²) in [7, 11) is 3.67. The zero-order chi connectivity index (χ0) is 19.7. The lowest BCUT2D eigenvalue weighted by Crippen LogP contribution is -2.09. The van der Waals surface area contributed by atoms with Crippen molar-refractivity contribution in [3.8, 4) is 17.0 Å². The van der Waals surface area contributed by atoms with Crippen molar-refractivity contribution in [2.75, 3.05) is 12.4 Å². The minimum atomic E-state index is 0.0804. The lowest BCUT2D eigenvalue weighted by molar-refractivity contribution is 0.414. The van der Waals surface area contributed by atoms with Gasteiger partial charge in [-0.05, 0) is 43.7 Å². The van der Waals surface area contributed by atoms with E-state index >= 15 is 0 Å². The van der Waals surface area contributed by atoms with Crippen LogP contribution in [0.3, 0.4) is 0 Å². The lowest BCUT2D eigenvalue weighted by atomic mass is 10.1. The zero-order valence-electron chi connectivity index (χ0n) is 16.5. The number of imidazole rings is 1. The molecule has 6 heteroatoms. The van der Waals surface area contributed by atoms with Gasteiger partial charge in [-0.25, -0.2) is 15.0 Å². The Balaban J connectivity index is 1.65. The van der Waals surface area contributed by atoms with Crippen LogP contribution in [0.2, 0.25) is 0 Å². The summed E-state index contributed by atoms with van der Waals surface area (Å²) >= 11 is 0. The first-order chi connectivity index (χ1) is 13.5. The monoisotopic (exact) mass is 373 g/mol. The molecule has 0 bridgehead atoms. The number of rotatable bonds is 5. The van der Waals surface area contributed by atoms with Gasteiger partial charge in [-0.2, -0.15) is 0 Å². The Morgan fingerprint density at radius 1 is 1.07 bits per heavy atom. The Morgan fingerprint density at radius 2 is 1.93 bits per heavy atom. The molecule has 0 fully saturated rings. The van der Waals surface area contributed by atoms with Gasteiger partial charge in [-0.3, -0.25) is 0 Å². The normalized spacial score (nSPS) is 12.1. The average molecular weight is 373 g/mol. The minimum absolute atomic E-state index is 0.0804. The second kappa shape index (κ2) is 7.31. The summed E-state index contributed by atoms with van der Waals surface area (Å²) in [5.41, 5.74) is 5.11. The maximum atomic E-state index is 5.33. The molecule has 0 aliphatic heterocycles. The highest BCUT2D eigenvalue weighted by Gasteiger charge is 2.11. The van der Waals surface area contributed by atoms with E-state index in [1.54, 1.807) is 7.11 Å². The number of ether oxygens (including phenoxy) is 1. The number of aryl methyl sites for hydroxylation is 2. The predicted octanol–water partition coefficient (Wildman–Crippen LogP) is 4.52. The van der Waals surface area contributed by atoms with Crippen molar-refractivity contribution in [3.05, 3.63) is 66.2 Å². The summed E-state index contributed by atoms with van der Waals surface area (Å²) in [6.45, 7) is 4.01. The third-order valence-corrected chi connectivity index (χ3v) is 4.82. The molecule has 6 nitrogen and oxygen atoms in total. The van der Waals surface area contributed by atoms with Gasteiger partial charge in [-0.15, -0.1) is 0 Å². The van der Waals surface area contributed by atoms with Crippen LogP contribution in [0.1, 0.15) is 24.4 Å². The molecule has 4 aromatic rings. The molecule has 0 saturated heterocycles. The second-order valence-electron chi connectivity index (χ2n) is 6.89. The Kier molecular flexibility index (Phi) is 4.69. The van der Waals surface area contributed by atoms with Crippen LogP contribution in [0.5, 0.6) is 5.75 Å². The van der Waals surface area contributed by atoms with Crippen molar-refractivity contribution in [1.82, 2.24) is 19.5 Å². The van der Waals surface area contributed by atoms with Gasteiger partial charge in [0.2, 0.25) is 0 Å². The molecule has 0 saturated carbocycles. The van der Waals surface area contributed by atoms with E-state index in [-0.39, 0.29) is 6.04 Å². The zero-order valence-corrected chi connectivity index (χ0v) is 16.5. The molecule has 1 atom stereocenters. The summed E-state index contributed by atoms with van der Waals surface area (Å²) in [5, 5.41) is 3.48. The summed E-state index contributed by atoms with van der Waals surface area (Å²) in [6, 6.07) is 16.3. The van der Waals surface area contributed by atoms with Gasteiger partial charge in [0.05, 0.1) is 36.2 Å². The topological polar surface area (TPSA) is 64.9 Å². The van der Waals surface area contributed by atoms with Crippen molar-refractivity contribution < 1.29 is 4.74 Å². The van der Waals surface area contributed by atoms with E-state index < -0.39 is 0 Å². The minimum Gasteiger partial charge on any atom is -0.497 e. The lowest BCUT2D eigenvalue weighted by Gasteiger charge is -2.17. The summed E-state index contributed by atoms with van der Waals surface area (Å²) in [5.74, 6) is 2.36. The smallest absolute Gasteiger partial charge is 0.130 e. The number of nitrogens with one attached hydrogen (secondary N) is 1. The molecule has 0 radical (unpaired) electrons. The maximum Gasteiger partial charge on any atom is 0.130 e. The van der Waals surface area contributed by atoms with Crippen molar-refractivity contribution in [2.24, 2.45) is 7.05 Å². The largest absolute Gasteiger partial charge is 0.497 e. The highest BCUT2D eigenvalue weighted by atomic mass is 16.5. The van der Waals surface area contributed by atoms with Crippen LogP contribution < -0.4 is 10.1 Å². The predicted molar refractivity (Wildman–Crippen MR) is 112 cm³/mol. The summed E-state index contributed by atoms with van der Waals surface area (Å²) in [6.07, 6.45) is 1.82. The first-order valence-electron chi connectivity index (χ1n) is 9.21.